The van der Waals surface area contributed by atoms with Crippen LogP contribution >= 0.6 is 163 Å². The summed E-state index contributed by atoms with van der Waals surface area (Å²) in [5, 5.41) is 66.0. The van der Waals surface area contributed by atoms with E-state index in [-0.39, 0.29) is 130 Å². The SMILES string of the molecule is CCNc1nc(Cl)[nH]c(=O)n1.CCNc1nc(Cl)nc(Cl)n1.CCNc1nc(Cl)nc(NCC)n1.CCNc1nc(Cl)nc(OCC)n1.CCNc1nc(Cl)nc(SCC)n1.CCNc1nc(N)nc(Cl)n1.CCNc1nc(NCC)nc(NCC)n1.O=C1C=C(Cl)C(=O)C(Cl)=C1Cl.O=C1C=CC(=O)C=C1.[C-]#[N+]/C(C#N)=c1\cc(Cl)/c(=C(/C#N)[N+]#[C-])c(Cl)c1Cl.[C-]#[N+]C(C#N)=c1ccc(=C(C#N)[N+]#[C-])cc1. The molecule has 2 aliphatic carbocycles. The number of H-pyrrole nitrogens is 1. The molecule has 0 fully saturated rings. The topological polar surface area (TPSA) is 627 Å². The van der Waals surface area contributed by atoms with Crippen LogP contribution in [0, 0.1) is 71.6 Å². The number of ether oxygens (including phenoxy) is 1. The molecule has 0 saturated carbocycles. The van der Waals surface area contributed by atoms with Crippen molar-refractivity contribution in [1.29, 1.82) is 21.0 Å². The van der Waals surface area contributed by atoms with Crippen molar-refractivity contribution < 1.29 is 23.9 Å². The summed E-state index contributed by atoms with van der Waals surface area (Å²) in [6, 6.07) is 14.6. The summed E-state index contributed by atoms with van der Waals surface area (Å²) in [6.45, 7) is 58.7. The monoisotopic (exact) mass is 2200 g/mol. The van der Waals surface area contributed by atoms with Crippen LogP contribution < -0.4 is 90.2 Å². The largest absolute Gasteiger partial charge is 0.464 e. The second kappa shape index (κ2) is 71.5. The lowest BCUT2D eigenvalue weighted by molar-refractivity contribution is -0.114. The van der Waals surface area contributed by atoms with E-state index >= 15 is 0 Å². The molecule has 0 atom stereocenters. The molecule has 46 nitrogen and oxygen atoms in total. The van der Waals surface area contributed by atoms with Gasteiger partial charge in [-0.2, -0.15) is 99.7 Å². The average Bonchev–Trinajstić information content (AvgIpc) is 0.787. The molecule has 11 rings (SSSR count). The van der Waals surface area contributed by atoms with E-state index in [1.807, 2.05) is 83.1 Å². The van der Waals surface area contributed by atoms with E-state index in [1.54, 1.807) is 60.3 Å². The van der Waals surface area contributed by atoms with E-state index in [9.17, 15) is 24.0 Å². The van der Waals surface area contributed by atoms with Gasteiger partial charge in [0.25, 0.3) is 22.8 Å². The Morgan fingerprint density at radius 1 is 0.390 bits per heavy atom. The second-order valence-electron chi connectivity index (χ2n) is 24.0. The van der Waals surface area contributed by atoms with Gasteiger partial charge in [-0.25, -0.2) is 45.2 Å². The van der Waals surface area contributed by atoms with Crippen molar-refractivity contribution in [3.63, 3.8) is 0 Å². The number of nitrogens with one attached hydrogen (secondary N) is 11. The summed E-state index contributed by atoms with van der Waals surface area (Å²) in [5.74, 6) is 4.48. The Kier molecular flexibility index (Phi) is 63.4. The van der Waals surface area contributed by atoms with E-state index in [1.165, 1.54) is 30.4 Å². The van der Waals surface area contributed by atoms with Crippen LogP contribution in [0.25, 0.3) is 42.2 Å². The maximum Gasteiger partial charge on any atom is 0.350 e. The number of allylic oxidation sites excluding steroid dienone is 8. The van der Waals surface area contributed by atoms with Crippen LogP contribution in [0.1, 0.15) is 83.1 Å². The first-order valence-electron chi connectivity index (χ1n) is 40.2. The number of nitrogens with zero attached hydrogens (tertiary/aromatic N) is 28. The van der Waals surface area contributed by atoms with Gasteiger partial charge in [-0.05, 0) is 204 Å². The van der Waals surface area contributed by atoms with E-state index in [2.05, 4.69) is 177 Å². The fourth-order valence-corrected chi connectivity index (χ4v) is 11.8. The molecule has 0 unspecified atom stereocenters. The number of anilines is 11. The minimum Gasteiger partial charge on any atom is -0.464 e. The van der Waals surface area contributed by atoms with Crippen LogP contribution in [0.4, 0.5) is 65.4 Å². The highest BCUT2D eigenvalue weighted by Gasteiger charge is 2.25. The Morgan fingerprint density at radius 2 is 0.716 bits per heavy atom. The van der Waals surface area contributed by atoms with Crippen LogP contribution in [0.5, 0.6) is 6.01 Å². The molecule has 0 aliphatic heterocycles. The minimum absolute atomic E-state index is 0.00291. The number of rotatable bonds is 24. The van der Waals surface area contributed by atoms with Gasteiger partial charge in [0.15, 0.2) is 22.5 Å². The molecule has 740 valence electrons. The number of thioether (sulfide) groups is 1. The van der Waals surface area contributed by atoms with Gasteiger partial charge >= 0.3 is 11.7 Å². The fraction of sp³-hybridized carbons (Fsp3) is 0.296. The molecule has 0 bridgehead atoms. The van der Waals surface area contributed by atoms with Crippen molar-refractivity contribution in [2.75, 3.05) is 137 Å². The third-order valence-electron chi connectivity index (χ3n) is 14.0. The Labute approximate surface area is 876 Å². The highest BCUT2D eigenvalue weighted by atomic mass is 35.5. The molecule has 2 aromatic carbocycles. The highest BCUT2D eigenvalue weighted by molar-refractivity contribution is 7.99. The van der Waals surface area contributed by atoms with Crippen LogP contribution in [0.15, 0.2) is 85.8 Å². The van der Waals surface area contributed by atoms with E-state index in [0.29, 0.717) is 82.3 Å². The molecule has 7 heterocycles. The zero-order valence-electron chi connectivity index (χ0n) is 76.1. The molecule has 13 N–H and O–H groups in total. The lowest BCUT2D eigenvalue weighted by atomic mass is 10.1. The molecule has 141 heavy (non-hydrogen) atoms. The van der Waals surface area contributed by atoms with Gasteiger partial charge in [0.2, 0.25) is 108 Å². The van der Waals surface area contributed by atoms with Crippen molar-refractivity contribution in [3.05, 3.63) is 205 Å². The van der Waals surface area contributed by atoms with Gasteiger partial charge in [0.05, 0.1) is 72.2 Å². The quantitative estimate of drug-likeness (QED) is 0.0116. The molecule has 0 radical (unpaired) electrons. The number of hydrogen-bond acceptors (Lipinski definition) is 42. The summed E-state index contributed by atoms with van der Waals surface area (Å²) in [7, 11) is 0. The predicted molar refractivity (Wildman–Crippen MR) is 550 cm³/mol. The Morgan fingerprint density at radius 3 is 1.06 bits per heavy atom. The minimum atomic E-state index is -0.613. The van der Waals surface area contributed by atoms with Crippen molar-refractivity contribution >= 4 is 274 Å². The Balaban J connectivity index is 0.000000780. The zero-order valence-corrected chi connectivity index (χ0v) is 86.8. The Bertz CT molecular complexity index is 6060. The van der Waals surface area contributed by atoms with Gasteiger partial charge in [0.1, 0.15) is 10.1 Å². The molecule has 0 spiro atoms. The lowest BCUT2D eigenvalue weighted by Crippen LogP contribution is -2.17. The Hall–Kier alpha value is -13.9. The molecule has 2 aliphatic rings. The van der Waals surface area contributed by atoms with E-state index in [0.717, 1.165) is 70.7 Å². The number of nitrogens with two attached hydrogens (primary N) is 1. The number of benzene rings is 2. The third kappa shape index (κ3) is 49.5. The van der Waals surface area contributed by atoms with Crippen molar-refractivity contribution in [2.45, 2.75) is 88.2 Å². The highest BCUT2D eigenvalue weighted by Crippen LogP contribution is 2.27. The molecule has 0 amide bonds. The molecule has 9 aromatic rings. The van der Waals surface area contributed by atoms with Crippen molar-refractivity contribution in [2.24, 2.45) is 0 Å². The summed E-state index contributed by atoms with van der Waals surface area (Å²) >= 11 is 74.4. The number of carbonyl (C=O) groups excluding carboxylic acids is 4. The van der Waals surface area contributed by atoms with E-state index in [4.69, 9.17) is 209 Å². The molecule has 7 aromatic heterocycles. The van der Waals surface area contributed by atoms with Crippen molar-refractivity contribution in [1.82, 2.24) is 105 Å². The zero-order chi connectivity index (χ0) is 106. The summed E-state index contributed by atoms with van der Waals surface area (Å²) in [5.41, 5.74) is 4.20. The predicted octanol–water partition coefficient (Wildman–Crippen LogP) is 14.1. The smallest absolute Gasteiger partial charge is 0.350 e. The number of carbonyl (C=O) groups is 4. The third-order valence-corrected chi connectivity index (χ3v) is 18.2. The number of hydrogen-bond donors (Lipinski definition) is 12. The number of aromatic amines is 1. The van der Waals surface area contributed by atoms with Crippen molar-refractivity contribution in [3.8, 4) is 30.3 Å². The number of nitriles is 4. The second-order valence-corrected chi connectivity index (χ2v) is 29.9. The number of ketones is 4. The number of halogens is 13. The van der Waals surface area contributed by atoms with Gasteiger partial charge in [-0.15, -0.1) is 0 Å². The number of Topliss-reactive ketones (excluding diaryl/α,β-unsaturated/α-hetero) is 1. The van der Waals surface area contributed by atoms with Crippen LogP contribution in [0.2, 0.25) is 52.1 Å². The molecular formula is C81H83Cl13N40O6S. The summed E-state index contributed by atoms with van der Waals surface area (Å²) < 4.78 is 5.09. The normalized spacial score (nSPS) is 11.1. The number of aromatic nitrogens is 21. The van der Waals surface area contributed by atoms with E-state index < -0.39 is 17.3 Å². The fourth-order valence-electron chi connectivity index (χ4n) is 8.56. The van der Waals surface area contributed by atoms with Gasteiger partial charge in [-0.3, -0.25) is 24.2 Å². The maximum atomic E-state index is 10.9. The lowest BCUT2D eigenvalue weighted by Gasteiger charge is -2.08. The average molecular weight is 2210 g/mol. The number of nitrogen functional groups attached to an aromatic ring is 1. The molecule has 60 heteroatoms. The molecule has 0 saturated heterocycles. The van der Waals surface area contributed by atoms with Gasteiger partial charge in [-0.1, -0.05) is 113 Å². The van der Waals surface area contributed by atoms with Crippen LogP contribution in [0.3, 0.4) is 0 Å². The van der Waals surface area contributed by atoms with Crippen LogP contribution in [-0.2, 0) is 19.2 Å². The first-order chi connectivity index (χ1) is 67.3. The van der Waals surface area contributed by atoms with Gasteiger partial charge < -0.3 is 63.6 Å². The van der Waals surface area contributed by atoms with Crippen LogP contribution in [-0.4, -0.2) is 206 Å². The summed E-state index contributed by atoms with van der Waals surface area (Å²) in [6.07, 6.45) is 5.95. The first kappa shape index (κ1) is 125. The first-order valence-corrected chi connectivity index (χ1v) is 46.1. The van der Waals surface area contributed by atoms with Gasteiger partial charge in [0, 0.05) is 87.0 Å². The molecular weight excluding hydrogens is 2120 g/mol. The standard InChI is InChI=1S/C12HCl3N4.C12H4N4.C9H18N6.C7H12ClN5.C7H11ClN4O.C7H11ClN4S.C6HCl3O2.C6H4O2.C5H6Cl2N4.C5H8ClN5.C5H7ClN4O/c1-18-8(4-16)6-3-7(13)10(9(5-17)19-2)12(15)11(6)14;1-15-11(7-13)9-3-5-10(6-4-9)12(8-14)16-2;1-4-10-7-13-8(11-5-2)15-9(14-7)12-6-3;1-3-9-6-11-5(8)12-7(13-6)10-4-2;2*1-3-9-6-10-5(8)11-7(12-6)13-4-2;7-2-1-3(10)4(8)5(9)6(2)11;7-5-1-2-6(8)4-3-5;2*1-2-8-5-10-3(6)9-4(7)11-5;1-2-7-4-8-3(6)9-5(11)10-4/h3H;3-6H;4-6H2,1-3H3,(H3,10,11,12,13,14,15);3-4H2,1-2H3,(H2,9,10,11,12,13);2*3-4H2,1-2H3,(H,9,10,11,12);1H;1-4H;2H2,1H3,(H,8,9,10,11);2H2,1H3,(H3,7,8,9,10,11);2H2,1H3,(H2,7,8,9,10,11)/b8-6+,10-9+;;;;;;;;;;. The summed E-state index contributed by atoms with van der Waals surface area (Å²) in [4.78, 5) is 145. The maximum absolute atomic E-state index is 10.9.